The van der Waals surface area contributed by atoms with Crippen LogP contribution in [0, 0.1) is 20.8 Å². The molecule has 1 aromatic heterocycles. The molecule has 0 N–H and O–H groups in total. The van der Waals surface area contributed by atoms with Gasteiger partial charge in [-0.05, 0) is 44.5 Å². The highest BCUT2D eigenvalue weighted by Crippen LogP contribution is 2.25. The topological polar surface area (TPSA) is 25.2 Å². The fourth-order valence-electron chi connectivity index (χ4n) is 2.52. The molecule has 0 saturated carbocycles. The van der Waals surface area contributed by atoms with E-state index in [-0.39, 0.29) is 0 Å². The van der Waals surface area contributed by atoms with Crippen LogP contribution >= 0.6 is 0 Å². The first-order chi connectivity index (χ1) is 8.95. The van der Waals surface area contributed by atoms with E-state index >= 15 is 0 Å². The lowest BCUT2D eigenvalue weighted by molar-refractivity contribution is 0.112. The van der Waals surface area contributed by atoms with Crippen molar-refractivity contribution in [2.45, 2.75) is 20.8 Å². The first-order valence-electron chi connectivity index (χ1n) is 6.38. The minimum Gasteiger partial charge on any atom is -0.377 e. The normalized spacial score (nSPS) is 10.6. The monoisotopic (exact) mass is 256 g/mol. The molecule has 0 saturated heterocycles. The van der Waals surface area contributed by atoms with E-state index in [1.807, 2.05) is 34.0 Å². The summed E-state index contributed by atoms with van der Waals surface area (Å²) in [5.41, 5.74) is 6.35. The molecule has 0 bridgehead atoms. The van der Waals surface area contributed by atoms with Crippen LogP contribution in [0.4, 0.5) is 5.69 Å². The molecule has 0 aliphatic rings. The molecule has 0 amide bonds. The Hall–Kier alpha value is -2.03. The van der Waals surface area contributed by atoms with Crippen LogP contribution in [-0.4, -0.2) is 24.9 Å². The summed E-state index contributed by atoms with van der Waals surface area (Å²) in [7, 11) is 4.08. The highest BCUT2D eigenvalue weighted by Gasteiger charge is 2.11. The third kappa shape index (κ3) is 2.28. The van der Waals surface area contributed by atoms with Crippen LogP contribution in [-0.2, 0) is 0 Å². The molecule has 3 heteroatoms. The molecule has 2 aromatic rings. The number of aromatic nitrogens is 1. The van der Waals surface area contributed by atoms with Crippen molar-refractivity contribution in [2.24, 2.45) is 0 Å². The SMILES string of the molecule is Cc1ccc(-n2c(C)cc(C=O)c2C)cc1N(C)C. The molecular formula is C16H20N2O. The minimum absolute atomic E-state index is 0.754. The summed E-state index contributed by atoms with van der Waals surface area (Å²) in [5, 5.41) is 0. The Morgan fingerprint density at radius 2 is 1.79 bits per heavy atom. The number of benzene rings is 1. The van der Waals surface area contributed by atoms with Crippen LogP contribution in [0.25, 0.3) is 5.69 Å². The average Bonchev–Trinajstić information content (AvgIpc) is 2.65. The predicted octanol–water partition coefficient (Wildman–Crippen LogP) is 3.28. The average molecular weight is 256 g/mol. The lowest BCUT2D eigenvalue weighted by atomic mass is 10.1. The molecule has 0 atom stereocenters. The molecule has 0 aliphatic carbocycles. The summed E-state index contributed by atoms with van der Waals surface area (Å²) < 4.78 is 2.12. The van der Waals surface area contributed by atoms with E-state index in [0.29, 0.717) is 0 Å². The second-order valence-corrected chi connectivity index (χ2v) is 5.14. The number of rotatable bonds is 3. The standard InChI is InChI=1S/C16H20N2O/c1-11-6-7-15(9-16(11)17(4)5)18-12(2)8-14(10-19)13(18)3/h6-10H,1-5H3. The number of aryl methyl sites for hydroxylation is 2. The zero-order valence-electron chi connectivity index (χ0n) is 12.2. The van der Waals surface area contributed by atoms with E-state index in [9.17, 15) is 4.79 Å². The second kappa shape index (κ2) is 4.92. The van der Waals surface area contributed by atoms with E-state index in [1.165, 1.54) is 11.3 Å². The van der Waals surface area contributed by atoms with Gasteiger partial charge in [-0.25, -0.2) is 0 Å². The van der Waals surface area contributed by atoms with Crippen molar-refractivity contribution >= 4 is 12.0 Å². The number of nitrogens with zero attached hydrogens (tertiary/aromatic N) is 2. The third-order valence-electron chi connectivity index (χ3n) is 3.53. The van der Waals surface area contributed by atoms with Crippen molar-refractivity contribution in [3.63, 3.8) is 0 Å². The minimum atomic E-state index is 0.754. The highest BCUT2D eigenvalue weighted by atomic mass is 16.1. The number of aldehydes is 1. The first kappa shape index (κ1) is 13.4. The Morgan fingerprint density at radius 1 is 1.11 bits per heavy atom. The summed E-state index contributed by atoms with van der Waals surface area (Å²) in [5.74, 6) is 0. The summed E-state index contributed by atoms with van der Waals surface area (Å²) in [6.07, 6.45) is 0.917. The molecule has 2 rings (SSSR count). The summed E-state index contributed by atoms with van der Waals surface area (Å²) in [6.45, 7) is 6.10. The number of anilines is 1. The lowest BCUT2D eigenvalue weighted by Gasteiger charge is -2.18. The van der Waals surface area contributed by atoms with Crippen LogP contribution < -0.4 is 4.90 Å². The van der Waals surface area contributed by atoms with Crippen LogP contribution in [0.2, 0.25) is 0 Å². The maximum absolute atomic E-state index is 11.0. The maximum Gasteiger partial charge on any atom is 0.151 e. The van der Waals surface area contributed by atoms with Gasteiger partial charge in [0.1, 0.15) is 0 Å². The van der Waals surface area contributed by atoms with Gasteiger partial charge in [-0.2, -0.15) is 0 Å². The quantitative estimate of drug-likeness (QED) is 0.787. The summed E-state index contributed by atoms with van der Waals surface area (Å²) in [4.78, 5) is 13.1. The van der Waals surface area contributed by atoms with Crippen molar-refractivity contribution < 1.29 is 4.79 Å². The van der Waals surface area contributed by atoms with Crippen molar-refractivity contribution in [2.75, 3.05) is 19.0 Å². The van der Waals surface area contributed by atoms with Crippen LogP contribution in [0.3, 0.4) is 0 Å². The predicted molar refractivity (Wildman–Crippen MR) is 79.7 cm³/mol. The Kier molecular flexibility index (Phi) is 3.47. The van der Waals surface area contributed by atoms with Crippen LogP contribution in [0.5, 0.6) is 0 Å². The maximum atomic E-state index is 11.0. The van der Waals surface area contributed by atoms with Gasteiger partial charge < -0.3 is 9.47 Å². The van der Waals surface area contributed by atoms with Gasteiger partial charge in [-0.1, -0.05) is 6.07 Å². The number of hydrogen-bond acceptors (Lipinski definition) is 2. The van der Waals surface area contributed by atoms with Crippen molar-refractivity contribution in [3.05, 3.63) is 46.8 Å². The van der Waals surface area contributed by atoms with Gasteiger partial charge in [0.05, 0.1) is 0 Å². The first-order valence-corrected chi connectivity index (χ1v) is 6.38. The van der Waals surface area contributed by atoms with Gasteiger partial charge in [-0.3, -0.25) is 4.79 Å². The van der Waals surface area contributed by atoms with E-state index in [1.54, 1.807) is 0 Å². The van der Waals surface area contributed by atoms with E-state index in [4.69, 9.17) is 0 Å². The molecule has 0 unspecified atom stereocenters. The van der Waals surface area contributed by atoms with Gasteiger partial charge in [0.2, 0.25) is 0 Å². The molecular weight excluding hydrogens is 236 g/mol. The van der Waals surface area contributed by atoms with Crippen molar-refractivity contribution in [3.8, 4) is 5.69 Å². The zero-order chi connectivity index (χ0) is 14.2. The number of carbonyl (C=O) groups excluding carboxylic acids is 1. The van der Waals surface area contributed by atoms with Gasteiger partial charge in [0.15, 0.2) is 6.29 Å². The zero-order valence-corrected chi connectivity index (χ0v) is 12.2. The van der Waals surface area contributed by atoms with Gasteiger partial charge in [0, 0.05) is 42.4 Å². The van der Waals surface area contributed by atoms with Gasteiger partial charge >= 0.3 is 0 Å². The fraction of sp³-hybridized carbons (Fsp3) is 0.312. The Morgan fingerprint density at radius 3 is 2.32 bits per heavy atom. The van der Waals surface area contributed by atoms with Crippen molar-refractivity contribution in [1.82, 2.24) is 4.57 Å². The van der Waals surface area contributed by atoms with E-state index in [0.717, 1.165) is 28.9 Å². The van der Waals surface area contributed by atoms with E-state index < -0.39 is 0 Å². The summed E-state index contributed by atoms with van der Waals surface area (Å²) in [6, 6.07) is 8.29. The number of carbonyl (C=O) groups is 1. The molecule has 19 heavy (non-hydrogen) atoms. The Labute approximate surface area is 114 Å². The van der Waals surface area contributed by atoms with E-state index in [2.05, 4.69) is 34.6 Å². The summed E-state index contributed by atoms with van der Waals surface area (Å²) >= 11 is 0. The van der Waals surface area contributed by atoms with Crippen LogP contribution in [0.15, 0.2) is 24.3 Å². The lowest BCUT2D eigenvalue weighted by Crippen LogP contribution is -2.11. The fourth-order valence-corrected chi connectivity index (χ4v) is 2.52. The van der Waals surface area contributed by atoms with Gasteiger partial charge in [0.25, 0.3) is 0 Å². The molecule has 1 heterocycles. The third-order valence-corrected chi connectivity index (χ3v) is 3.53. The van der Waals surface area contributed by atoms with Crippen molar-refractivity contribution in [1.29, 1.82) is 0 Å². The Bertz CT molecular complexity index is 624. The van der Waals surface area contributed by atoms with Crippen LogP contribution in [0.1, 0.15) is 27.3 Å². The number of hydrogen-bond donors (Lipinski definition) is 0. The highest BCUT2D eigenvalue weighted by molar-refractivity contribution is 5.78. The smallest absolute Gasteiger partial charge is 0.151 e. The molecule has 0 radical (unpaired) electrons. The second-order valence-electron chi connectivity index (χ2n) is 5.14. The van der Waals surface area contributed by atoms with Gasteiger partial charge in [-0.15, -0.1) is 0 Å². The largest absolute Gasteiger partial charge is 0.377 e. The molecule has 1 aromatic carbocycles. The molecule has 100 valence electrons. The molecule has 3 nitrogen and oxygen atoms in total. The molecule has 0 spiro atoms. The molecule has 0 aliphatic heterocycles. The molecule has 0 fully saturated rings. The Balaban J connectivity index is 2.63.